The van der Waals surface area contributed by atoms with Gasteiger partial charge in [-0.05, 0) is 36.4 Å². The van der Waals surface area contributed by atoms with E-state index < -0.39 is 0 Å². The average Bonchev–Trinajstić information content (AvgIpc) is 2.94. The number of aromatic nitrogens is 1. The Balaban J connectivity index is 1.77. The lowest BCUT2D eigenvalue weighted by Crippen LogP contribution is -2.42. The Morgan fingerprint density at radius 1 is 1.21 bits per heavy atom. The normalized spacial score (nSPS) is 22.3. The number of hydrogen-bond donors (Lipinski definition) is 0. The third-order valence-corrected chi connectivity index (χ3v) is 4.99. The largest absolute Gasteiger partial charge is 0.347 e. The fourth-order valence-corrected chi connectivity index (χ4v) is 3.78. The molecule has 2 aromatic rings. The van der Waals surface area contributed by atoms with E-state index in [0.29, 0.717) is 11.8 Å². The van der Waals surface area contributed by atoms with Crippen molar-refractivity contribution in [2.45, 2.75) is 25.4 Å². The summed E-state index contributed by atoms with van der Waals surface area (Å²) in [4.78, 5) is 15.9. The maximum Gasteiger partial charge on any atom is 0.226 e. The van der Waals surface area contributed by atoms with Crippen molar-refractivity contribution in [2.75, 3.05) is 6.54 Å². The Hall–Kier alpha value is -1.55. The van der Waals surface area contributed by atoms with Crippen molar-refractivity contribution in [3.8, 4) is 0 Å². The number of thiophene rings is 1. The van der Waals surface area contributed by atoms with Crippen molar-refractivity contribution in [1.29, 1.82) is 0 Å². The molecular formula is C15H16N2OS. The molecule has 1 amide bonds. The quantitative estimate of drug-likeness (QED) is 0.825. The van der Waals surface area contributed by atoms with Crippen molar-refractivity contribution in [3.63, 3.8) is 0 Å². The molecule has 1 atom stereocenters. The SMILES string of the molecule is O=C(C1CC1)N1CCn2cccc2[C@H]1c1cccs1. The monoisotopic (exact) mass is 272 g/mol. The first kappa shape index (κ1) is 11.3. The molecule has 1 aliphatic carbocycles. The molecule has 4 rings (SSSR count). The third-order valence-electron chi connectivity index (χ3n) is 4.06. The van der Waals surface area contributed by atoms with Crippen LogP contribution in [0, 0.1) is 5.92 Å². The Bertz CT molecular complexity index is 597. The maximum absolute atomic E-state index is 12.5. The molecule has 19 heavy (non-hydrogen) atoms. The summed E-state index contributed by atoms with van der Waals surface area (Å²) >= 11 is 1.74. The summed E-state index contributed by atoms with van der Waals surface area (Å²) in [6.07, 6.45) is 4.27. The number of fused-ring (bicyclic) bond motifs is 1. The Labute approximate surface area is 116 Å². The van der Waals surface area contributed by atoms with Gasteiger partial charge in [-0.1, -0.05) is 6.07 Å². The van der Waals surface area contributed by atoms with Crippen LogP contribution >= 0.6 is 11.3 Å². The fraction of sp³-hybridized carbons (Fsp3) is 0.400. The van der Waals surface area contributed by atoms with Gasteiger partial charge in [0.15, 0.2) is 0 Å². The van der Waals surface area contributed by atoms with Crippen LogP contribution in [-0.2, 0) is 11.3 Å². The number of rotatable bonds is 2. The van der Waals surface area contributed by atoms with E-state index in [0.717, 1.165) is 25.9 Å². The van der Waals surface area contributed by atoms with Crippen molar-refractivity contribution < 1.29 is 4.79 Å². The molecule has 98 valence electrons. The van der Waals surface area contributed by atoms with E-state index in [2.05, 4.69) is 45.3 Å². The molecule has 0 unspecified atom stereocenters. The lowest BCUT2D eigenvalue weighted by molar-refractivity contribution is -0.135. The van der Waals surface area contributed by atoms with Gasteiger partial charge in [-0.2, -0.15) is 0 Å². The van der Waals surface area contributed by atoms with Gasteiger partial charge in [0.25, 0.3) is 0 Å². The highest BCUT2D eigenvalue weighted by Gasteiger charge is 2.39. The van der Waals surface area contributed by atoms with E-state index in [-0.39, 0.29) is 6.04 Å². The second-order valence-corrected chi connectivity index (χ2v) is 6.33. The van der Waals surface area contributed by atoms with Gasteiger partial charge >= 0.3 is 0 Å². The standard InChI is InChI=1S/C15H16N2OS/c18-15(11-5-6-11)17-9-8-16-7-1-3-12(16)14(17)13-4-2-10-19-13/h1-4,7,10-11,14H,5-6,8-9H2/t14-/m0/s1. The van der Waals surface area contributed by atoms with Crippen LogP contribution in [0.25, 0.3) is 0 Å². The van der Waals surface area contributed by atoms with Crippen LogP contribution in [0.3, 0.4) is 0 Å². The fourth-order valence-electron chi connectivity index (χ4n) is 2.93. The van der Waals surface area contributed by atoms with Crippen LogP contribution in [0.15, 0.2) is 35.8 Å². The Morgan fingerprint density at radius 3 is 2.84 bits per heavy atom. The van der Waals surface area contributed by atoms with Crippen LogP contribution < -0.4 is 0 Å². The predicted molar refractivity (Wildman–Crippen MR) is 75.0 cm³/mol. The summed E-state index contributed by atoms with van der Waals surface area (Å²) in [5.74, 6) is 0.648. The zero-order chi connectivity index (χ0) is 12.8. The van der Waals surface area contributed by atoms with Crippen molar-refractivity contribution >= 4 is 17.2 Å². The molecule has 0 radical (unpaired) electrons. The van der Waals surface area contributed by atoms with Crippen LogP contribution in [0.1, 0.15) is 29.5 Å². The van der Waals surface area contributed by atoms with E-state index >= 15 is 0 Å². The molecule has 3 heterocycles. The van der Waals surface area contributed by atoms with E-state index in [1.54, 1.807) is 11.3 Å². The van der Waals surface area contributed by atoms with Gasteiger partial charge in [0.2, 0.25) is 5.91 Å². The molecule has 4 heteroatoms. The summed E-state index contributed by atoms with van der Waals surface area (Å²) in [6, 6.07) is 8.57. The molecule has 0 spiro atoms. The van der Waals surface area contributed by atoms with Gasteiger partial charge in [0.05, 0.1) is 0 Å². The number of nitrogens with zero attached hydrogens (tertiary/aromatic N) is 2. The van der Waals surface area contributed by atoms with E-state index in [9.17, 15) is 4.79 Å². The summed E-state index contributed by atoms with van der Waals surface area (Å²) in [5.41, 5.74) is 1.25. The summed E-state index contributed by atoms with van der Waals surface area (Å²) in [6.45, 7) is 1.75. The van der Waals surface area contributed by atoms with Gasteiger partial charge < -0.3 is 9.47 Å². The number of carbonyl (C=O) groups is 1. The van der Waals surface area contributed by atoms with Crippen molar-refractivity contribution in [1.82, 2.24) is 9.47 Å². The zero-order valence-electron chi connectivity index (χ0n) is 10.7. The molecule has 3 nitrogen and oxygen atoms in total. The van der Waals surface area contributed by atoms with Crippen LogP contribution in [0.5, 0.6) is 0 Å². The number of carbonyl (C=O) groups excluding carboxylic acids is 1. The van der Waals surface area contributed by atoms with Crippen molar-refractivity contribution in [2.24, 2.45) is 5.92 Å². The van der Waals surface area contributed by atoms with Crippen LogP contribution in [0.2, 0.25) is 0 Å². The summed E-state index contributed by atoms with van der Waals surface area (Å²) in [7, 11) is 0. The van der Waals surface area contributed by atoms with Gasteiger partial charge in [0, 0.05) is 35.8 Å². The first-order valence-corrected chi connectivity index (χ1v) is 7.71. The molecule has 1 saturated carbocycles. The lowest BCUT2D eigenvalue weighted by Gasteiger charge is -2.36. The number of hydrogen-bond acceptors (Lipinski definition) is 2. The van der Waals surface area contributed by atoms with Gasteiger partial charge in [0.1, 0.15) is 6.04 Å². The minimum absolute atomic E-state index is 0.122. The summed E-state index contributed by atoms with van der Waals surface area (Å²) < 4.78 is 2.28. The third kappa shape index (κ3) is 1.82. The molecule has 2 aromatic heterocycles. The second kappa shape index (κ2) is 4.23. The maximum atomic E-state index is 12.5. The molecule has 2 aliphatic rings. The second-order valence-electron chi connectivity index (χ2n) is 5.35. The topological polar surface area (TPSA) is 25.2 Å². The minimum atomic E-state index is 0.122. The van der Waals surface area contributed by atoms with E-state index in [4.69, 9.17) is 0 Å². The highest BCUT2D eigenvalue weighted by molar-refractivity contribution is 7.10. The molecule has 0 saturated heterocycles. The summed E-state index contributed by atoms with van der Waals surface area (Å²) in [5, 5.41) is 2.09. The first-order valence-electron chi connectivity index (χ1n) is 6.83. The molecule has 0 N–H and O–H groups in total. The van der Waals surface area contributed by atoms with Gasteiger partial charge in [-0.25, -0.2) is 0 Å². The first-order chi connectivity index (χ1) is 9.34. The number of amides is 1. The zero-order valence-corrected chi connectivity index (χ0v) is 11.5. The van der Waals surface area contributed by atoms with E-state index in [1.807, 2.05) is 0 Å². The predicted octanol–water partition coefficient (Wildman–Crippen LogP) is 2.89. The highest BCUT2D eigenvalue weighted by Crippen LogP contribution is 2.39. The molecule has 1 fully saturated rings. The van der Waals surface area contributed by atoms with E-state index in [1.165, 1.54) is 10.6 Å². The molecule has 0 bridgehead atoms. The average molecular weight is 272 g/mol. The van der Waals surface area contributed by atoms with Crippen LogP contribution in [0.4, 0.5) is 0 Å². The van der Waals surface area contributed by atoms with Crippen molar-refractivity contribution in [3.05, 3.63) is 46.4 Å². The van der Waals surface area contributed by atoms with Gasteiger partial charge in [-0.15, -0.1) is 11.3 Å². The van der Waals surface area contributed by atoms with Gasteiger partial charge in [-0.3, -0.25) is 4.79 Å². The smallest absolute Gasteiger partial charge is 0.226 e. The minimum Gasteiger partial charge on any atom is -0.347 e. The molecule has 1 aliphatic heterocycles. The Morgan fingerprint density at radius 2 is 2.11 bits per heavy atom. The molecule has 0 aromatic carbocycles. The lowest BCUT2D eigenvalue weighted by atomic mass is 10.1. The van der Waals surface area contributed by atoms with Crippen LogP contribution in [-0.4, -0.2) is 21.9 Å². The Kier molecular flexibility index (Phi) is 2.52. The highest BCUT2D eigenvalue weighted by atomic mass is 32.1. The molecular weight excluding hydrogens is 256 g/mol.